The number of aromatic nitrogens is 2. The summed E-state index contributed by atoms with van der Waals surface area (Å²) in [5.74, 6) is 1.74. The average molecular weight is 243 g/mol. The lowest BCUT2D eigenvalue weighted by Gasteiger charge is -2.23. The number of benzene rings is 1. The average Bonchev–Trinajstić information content (AvgIpc) is 2.87. The first-order valence-corrected chi connectivity index (χ1v) is 6.49. The zero-order valence-electron chi connectivity index (χ0n) is 10.5. The minimum atomic E-state index is 0.188. The number of rotatable bonds is 3. The van der Waals surface area contributed by atoms with Crippen LogP contribution in [-0.2, 0) is 13.0 Å². The van der Waals surface area contributed by atoms with Crippen molar-refractivity contribution in [2.24, 2.45) is 0 Å². The summed E-state index contributed by atoms with van der Waals surface area (Å²) in [6.45, 7) is 3.90. The molecule has 4 heteroatoms. The van der Waals surface area contributed by atoms with Gasteiger partial charge in [-0.15, -0.1) is 0 Å². The van der Waals surface area contributed by atoms with Crippen molar-refractivity contribution in [3.63, 3.8) is 0 Å². The van der Waals surface area contributed by atoms with Gasteiger partial charge in [-0.25, -0.2) is 0 Å². The van der Waals surface area contributed by atoms with Crippen LogP contribution in [0.15, 0.2) is 28.8 Å². The smallest absolute Gasteiger partial charge is 0.235 e. The van der Waals surface area contributed by atoms with Crippen molar-refractivity contribution in [1.82, 2.24) is 15.5 Å². The lowest BCUT2D eigenvalue weighted by atomic mass is 9.91. The molecule has 1 N–H and O–H groups in total. The molecule has 0 aliphatic carbocycles. The molecule has 0 fully saturated rings. The van der Waals surface area contributed by atoms with Crippen molar-refractivity contribution in [2.45, 2.75) is 32.2 Å². The van der Waals surface area contributed by atoms with Gasteiger partial charge in [0, 0.05) is 19.5 Å². The number of hydrogen-bond donors (Lipinski definition) is 1. The molecule has 3 rings (SSSR count). The Kier molecular flexibility index (Phi) is 3.11. The summed E-state index contributed by atoms with van der Waals surface area (Å²) in [4.78, 5) is 4.50. The second-order valence-corrected chi connectivity index (χ2v) is 4.68. The number of nitrogens with zero attached hydrogens (tertiary/aromatic N) is 2. The molecule has 1 aromatic carbocycles. The van der Waals surface area contributed by atoms with Crippen molar-refractivity contribution in [3.8, 4) is 0 Å². The molecular weight excluding hydrogens is 226 g/mol. The molecule has 1 atom stereocenters. The highest BCUT2D eigenvalue weighted by Crippen LogP contribution is 2.28. The van der Waals surface area contributed by atoms with E-state index in [0.717, 1.165) is 37.6 Å². The largest absolute Gasteiger partial charge is 0.339 e. The highest BCUT2D eigenvalue weighted by Gasteiger charge is 2.25. The van der Waals surface area contributed by atoms with Gasteiger partial charge in [-0.05, 0) is 17.5 Å². The highest BCUT2D eigenvalue weighted by atomic mass is 16.5. The van der Waals surface area contributed by atoms with E-state index in [-0.39, 0.29) is 5.92 Å². The first kappa shape index (κ1) is 11.4. The molecule has 1 aliphatic heterocycles. The number of hydrogen-bond acceptors (Lipinski definition) is 4. The van der Waals surface area contributed by atoms with Crippen molar-refractivity contribution < 1.29 is 4.52 Å². The van der Waals surface area contributed by atoms with Gasteiger partial charge < -0.3 is 9.84 Å². The number of nitrogens with one attached hydrogen (secondary N) is 1. The summed E-state index contributed by atoms with van der Waals surface area (Å²) in [6, 6.07) is 8.45. The predicted octanol–water partition coefficient (Wildman–Crippen LogP) is 2.26. The Morgan fingerprint density at radius 3 is 3.17 bits per heavy atom. The van der Waals surface area contributed by atoms with Crippen LogP contribution in [0.3, 0.4) is 0 Å². The Labute approximate surface area is 106 Å². The normalized spacial score (nSPS) is 18.6. The van der Waals surface area contributed by atoms with Gasteiger partial charge in [-0.1, -0.05) is 36.3 Å². The molecule has 0 saturated carbocycles. The zero-order valence-corrected chi connectivity index (χ0v) is 10.5. The molecule has 0 spiro atoms. The topological polar surface area (TPSA) is 51.0 Å². The third-order valence-electron chi connectivity index (χ3n) is 3.35. The summed E-state index contributed by atoms with van der Waals surface area (Å²) >= 11 is 0. The quantitative estimate of drug-likeness (QED) is 0.898. The van der Waals surface area contributed by atoms with Crippen LogP contribution in [0.1, 0.15) is 42.1 Å². The Bertz CT molecular complexity index is 535. The van der Waals surface area contributed by atoms with Gasteiger partial charge in [0.15, 0.2) is 5.82 Å². The lowest BCUT2D eigenvalue weighted by molar-refractivity contribution is 0.352. The van der Waals surface area contributed by atoms with Crippen LogP contribution in [0.25, 0.3) is 0 Å². The Morgan fingerprint density at radius 2 is 2.28 bits per heavy atom. The van der Waals surface area contributed by atoms with Crippen LogP contribution >= 0.6 is 0 Å². The molecule has 1 unspecified atom stereocenters. The second-order valence-electron chi connectivity index (χ2n) is 4.68. The Morgan fingerprint density at radius 1 is 1.39 bits per heavy atom. The van der Waals surface area contributed by atoms with Gasteiger partial charge in [0.25, 0.3) is 0 Å². The minimum absolute atomic E-state index is 0.188. The fourth-order valence-corrected chi connectivity index (χ4v) is 2.45. The molecule has 0 bridgehead atoms. The minimum Gasteiger partial charge on any atom is -0.339 e. The van der Waals surface area contributed by atoms with E-state index in [1.54, 1.807) is 0 Å². The predicted molar refractivity (Wildman–Crippen MR) is 68.3 cm³/mol. The van der Waals surface area contributed by atoms with Gasteiger partial charge >= 0.3 is 0 Å². The first-order chi connectivity index (χ1) is 8.88. The fourth-order valence-electron chi connectivity index (χ4n) is 2.45. The van der Waals surface area contributed by atoms with Gasteiger partial charge in [0.2, 0.25) is 5.89 Å². The second kappa shape index (κ2) is 4.90. The molecule has 0 radical (unpaired) electrons. The van der Waals surface area contributed by atoms with Gasteiger partial charge in [-0.3, -0.25) is 0 Å². The van der Waals surface area contributed by atoms with Crippen molar-refractivity contribution in [3.05, 3.63) is 47.1 Å². The van der Waals surface area contributed by atoms with Crippen LogP contribution in [0.4, 0.5) is 0 Å². The Hall–Kier alpha value is -1.68. The molecule has 1 aliphatic rings. The van der Waals surface area contributed by atoms with Crippen molar-refractivity contribution >= 4 is 0 Å². The standard InChI is InChI=1S/C14H17N3O/c1-2-5-13-16-14(18-17-13)12-9-15-8-10-6-3-4-7-11(10)12/h3-4,6-7,12,15H,2,5,8-9H2,1H3. The maximum absolute atomic E-state index is 5.41. The van der Waals surface area contributed by atoms with E-state index in [4.69, 9.17) is 4.52 Å². The summed E-state index contributed by atoms with van der Waals surface area (Å²) in [5.41, 5.74) is 2.63. The molecule has 94 valence electrons. The monoisotopic (exact) mass is 243 g/mol. The molecule has 2 aromatic rings. The van der Waals surface area contributed by atoms with Crippen LogP contribution < -0.4 is 5.32 Å². The molecule has 2 heterocycles. The van der Waals surface area contributed by atoms with E-state index in [2.05, 4.69) is 46.6 Å². The molecular formula is C14H17N3O. The van der Waals surface area contributed by atoms with Crippen LogP contribution in [0, 0.1) is 0 Å². The molecule has 4 nitrogen and oxygen atoms in total. The van der Waals surface area contributed by atoms with E-state index in [9.17, 15) is 0 Å². The van der Waals surface area contributed by atoms with Gasteiger partial charge in [0.05, 0.1) is 5.92 Å². The third-order valence-corrected chi connectivity index (χ3v) is 3.35. The van der Waals surface area contributed by atoms with E-state index in [0.29, 0.717) is 0 Å². The van der Waals surface area contributed by atoms with Crippen molar-refractivity contribution in [1.29, 1.82) is 0 Å². The SMILES string of the molecule is CCCc1noc(C2CNCc3ccccc32)n1. The summed E-state index contributed by atoms with van der Waals surface area (Å²) < 4.78 is 5.41. The molecule has 1 aromatic heterocycles. The molecule has 18 heavy (non-hydrogen) atoms. The van der Waals surface area contributed by atoms with E-state index >= 15 is 0 Å². The number of aryl methyl sites for hydroxylation is 1. The lowest BCUT2D eigenvalue weighted by Crippen LogP contribution is -2.28. The van der Waals surface area contributed by atoms with E-state index in [1.165, 1.54) is 11.1 Å². The van der Waals surface area contributed by atoms with Gasteiger partial charge in [-0.2, -0.15) is 4.98 Å². The zero-order chi connectivity index (χ0) is 12.4. The van der Waals surface area contributed by atoms with Gasteiger partial charge in [0.1, 0.15) is 0 Å². The van der Waals surface area contributed by atoms with Crippen molar-refractivity contribution in [2.75, 3.05) is 6.54 Å². The molecule has 0 saturated heterocycles. The third kappa shape index (κ3) is 2.04. The van der Waals surface area contributed by atoms with Crippen LogP contribution in [0.2, 0.25) is 0 Å². The summed E-state index contributed by atoms with van der Waals surface area (Å²) in [6.07, 6.45) is 1.92. The van der Waals surface area contributed by atoms with E-state index in [1.807, 2.05) is 0 Å². The molecule has 0 amide bonds. The van der Waals surface area contributed by atoms with Crippen LogP contribution in [-0.4, -0.2) is 16.7 Å². The maximum atomic E-state index is 5.41. The highest BCUT2D eigenvalue weighted by molar-refractivity contribution is 5.35. The first-order valence-electron chi connectivity index (χ1n) is 6.49. The Balaban J connectivity index is 1.92. The summed E-state index contributed by atoms with van der Waals surface area (Å²) in [7, 11) is 0. The number of fused-ring (bicyclic) bond motifs is 1. The van der Waals surface area contributed by atoms with E-state index < -0.39 is 0 Å². The summed E-state index contributed by atoms with van der Waals surface area (Å²) in [5, 5.41) is 7.44. The van der Waals surface area contributed by atoms with Crippen LogP contribution in [0.5, 0.6) is 0 Å². The maximum Gasteiger partial charge on any atom is 0.235 e. The fraction of sp³-hybridized carbons (Fsp3) is 0.429.